The zero-order valence-electron chi connectivity index (χ0n) is 9.25. The molecule has 0 saturated carbocycles. The van der Waals surface area contributed by atoms with Crippen molar-refractivity contribution in [1.29, 1.82) is 0 Å². The average Bonchev–Trinajstić information content (AvgIpc) is 2.66. The van der Waals surface area contributed by atoms with Crippen LogP contribution in [0, 0.1) is 6.92 Å². The summed E-state index contributed by atoms with van der Waals surface area (Å²) in [5.74, 6) is 2.23. The standard InChI is InChI=1S/C12H17NO2/c1-8(3-4-13)10-5-9(2)12-11(6-10)14-7-15-12/h5-6,8H,3-4,7,13H2,1-2H3. The molecule has 1 aromatic carbocycles. The minimum atomic E-state index is 0.338. The van der Waals surface area contributed by atoms with Crippen molar-refractivity contribution in [2.45, 2.75) is 26.2 Å². The molecule has 1 aromatic rings. The molecule has 3 nitrogen and oxygen atoms in total. The minimum absolute atomic E-state index is 0.338. The molecule has 1 aliphatic heterocycles. The van der Waals surface area contributed by atoms with Crippen LogP contribution in [0.4, 0.5) is 0 Å². The molecule has 1 heterocycles. The first-order chi connectivity index (χ1) is 7.22. The van der Waals surface area contributed by atoms with Gasteiger partial charge in [0.15, 0.2) is 11.5 Å². The zero-order valence-corrected chi connectivity index (χ0v) is 9.25. The van der Waals surface area contributed by atoms with Gasteiger partial charge in [-0.2, -0.15) is 0 Å². The predicted octanol–water partition coefficient (Wildman–Crippen LogP) is 2.18. The number of benzene rings is 1. The van der Waals surface area contributed by atoms with E-state index in [-0.39, 0.29) is 0 Å². The Balaban J connectivity index is 2.30. The number of rotatable bonds is 3. The van der Waals surface area contributed by atoms with E-state index in [4.69, 9.17) is 15.2 Å². The Kier molecular flexibility index (Phi) is 2.82. The molecular weight excluding hydrogens is 190 g/mol. The first-order valence-electron chi connectivity index (χ1n) is 5.32. The van der Waals surface area contributed by atoms with Crippen LogP contribution in [-0.4, -0.2) is 13.3 Å². The van der Waals surface area contributed by atoms with Crippen LogP contribution in [0.2, 0.25) is 0 Å². The third kappa shape index (κ3) is 1.92. The van der Waals surface area contributed by atoms with Crippen molar-refractivity contribution < 1.29 is 9.47 Å². The van der Waals surface area contributed by atoms with E-state index in [0.717, 1.165) is 23.5 Å². The Bertz CT molecular complexity index is 363. The monoisotopic (exact) mass is 207 g/mol. The molecule has 0 aromatic heterocycles. The molecule has 1 aliphatic rings. The van der Waals surface area contributed by atoms with Gasteiger partial charge in [-0.05, 0) is 43.0 Å². The fourth-order valence-corrected chi connectivity index (χ4v) is 1.91. The lowest BCUT2D eigenvalue weighted by Gasteiger charge is -2.12. The van der Waals surface area contributed by atoms with Crippen LogP contribution < -0.4 is 15.2 Å². The fourth-order valence-electron chi connectivity index (χ4n) is 1.91. The molecule has 2 N–H and O–H groups in total. The molecular formula is C12H17NO2. The van der Waals surface area contributed by atoms with Gasteiger partial charge in [-0.25, -0.2) is 0 Å². The van der Waals surface area contributed by atoms with E-state index >= 15 is 0 Å². The van der Waals surface area contributed by atoms with Crippen LogP contribution in [0.15, 0.2) is 12.1 Å². The van der Waals surface area contributed by atoms with Crippen LogP contribution >= 0.6 is 0 Å². The first-order valence-corrected chi connectivity index (χ1v) is 5.32. The van der Waals surface area contributed by atoms with Gasteiger partial charge >= 0.3 is 0 Å². The molecule has 1 unspecified atom stereocenters. The Morgan fingerprint density at radius 3 is 2.93 bits per heavy atom. The normalized spacial score (nSPS) is 15.4. The summed E-state index contributed by atoms with van der Waals surface area (Å²) in [4.78, 5) is 0. The highest BCUT2D eigenvalue weighted by Gasteiger charge is 2.18. The Morgan fingerprint density at radius 2 is 2.20 bits per heavy atom. The first kappa shape index (κ1) is 10.3. The maximum absolute atomic E-state index is 5.56. The SMILES string of the molecule is Cc1cc(C(C)CCN)cc2c1OCO2. The molecule has 3 heteroatoms. The van der Waals surface area contributed by atoms with E-state index in [1.54, 1.807) is 0 Å². The molecule has 1 atom stereocenters. The predicted molar refractivity (Wildman–Crippen MR) is 59.4 cm³/mol. The molecule has 15 heavy (non-hydrogen) atoms. The van der Waals surface area contributed by atoms with Gasteiger partial charge in [0.05, 0.1) is 0 Å². The fraction of sp³-hybridized carbons (Fsp3) is 0.500. The van der Waals surface area contributed by atoms with Crippen molar-refractivity contribution in [3.8, 4) is 11.5 Å². The number of fused-ring (bicyclic) bond motifs is 1. The van der Waals surface area contributed by atoms with E-state index < -0.39 is 0 Å². The van der Waals surface area contributed by atoms with Crippen LogP contribution in [0.25, 0.3) is 0 Å². The lowest BCUT2D eigenvalue weighted by molar-refractivity contribution is 0.173. The number of aryl methyl sites for hydroxylation is 1. The minimum Gasteiger partial charge on any atom is -0.454 e. The molecule has 0 amide bonds. The molecule has 0 fully saturated rings. The van der Waals surface area contributed by atoms with Crippen LogP contribution in [0.5, 0.6) is 11.5 Å². The third-order valence-corrected chi connectivity index (χ3v) is 2.85. The lowest BCUT2D eigenvalue weighted by Crippen LogP contribution is -2.04. The lowest BCUT2D eigenvalue weighted by atomic mass is 9.95. The van der Waals surface area contributed by atoms with Gasteiger partial charge in [0.2, 0.25) is 6.79 Å². The van der Waals surface area contributed by atoms with Crippen LogP contribution in [0.1, 0.15) is 30.4 Å². The quantitative estimate of drug-likeness (QED) is 0.826. The summed E-state index contributed by atoms with van der Waals surface area (Å²) >= 11 is 0. The topological polar surface area (TPSA) is 44.5 Å². The maximum atomic E-state index is 5.56. The average molecular weight is 207 g/mol. The number of hydrogen-bond donors (Lipinski definition) is 1. The summed E-state index contributed by atoms with van der Waals surface area (Å²) < 4.78 is 10.8. The summed E-state index contributed by atoms with van der Waals surface area (Å²) in [5.41, 5.74) is 7.98. The van der Waals surface area contributed by atoms with Crippen molar-refractivity contribution in [1.82, 2.24) is 0 Å². The Hall–Kier alpha value is -1.22. The van der Waals surface area contributed by atoms with Crippen molar-refractivity contribution >= 4 is 0 Å². The molecule has 2 rings (SSSR count). The summed E-state index contributed by atoms with van der Waals surface area (Å²) in [6.07, 6.45) is 0.999. The van der Waals surface area contributed by atoms with Gasteiger partial charge in [-0.1, -0.05) is 13.0 Å². The maximum Gasteiger partial charge on any atom is 0.231 e. The van der Waals surface area contributed by atoms with Crippen molar-refractivity contribution in [3.05, 3.63) is 23.3 Å². The smallest absolute Gasteiger partial charge is 0.231 e. The second-order valence-corrected chi connectivity index (χ2v) is 4.05. The van der Waals surface area contributed by atoms with Crippen molar-refractivity contribution in [3.63, 3.8) is 0 Å². The molecule has 0 saturated heterocycles. The summed E-state index contributed by atoms with van der Waals surface area (Å²) in [6.45, 7) is 5.29. The number of ether oxygens (including phenoxy) is 2. The molecule has 82 valence electrons. The van der Waals surface area contributed by atoms with Gasteiger partial charge in [0, 0.05) is 0 Å². The molecule has 0 bridgehead atoms. The zero-order chi connectivity index (χ0) is 10.8. The summed E-state index contributed by atoms with van der Waals surface area (Å²) in [7, 11) is 0. The molecule has 0 aliphatic carbocycles. The van der Waals surface area contributed by atoms with Crippen molar-refractivity contribution in [2.24, 2.45) is 5.73 Å². The van der Waals surface area contributed by atoms with Gasteiger partial charge in [-0.3, -0.25) is 0 Å². The van der Waals surface area contributed by atoms with Gasteiger partial charge in [0.1, 0.15) is 0 Å². The number of nitrogens with two attached hydrogens (primary N) is 1. The Labute approximate surface area is 90.2 Å². The van der Waals surface area contributed by atoms with Crippen molar-refractivity contribution in [2.75, 3.05) is 13.3 Å². The highest BCUT2D eigenvalue weighted by molar-refractivity contribution is 5.50. The van der Waals surface area contributed by atoms with E-state index in [9.17, 15) is 0 Å². The summed E-state index contributed by atoms with van der Waals surface area (Å²) in [5, 5.41) is 0. The summed E-state index contributed by atoms with van der Waals surface area (Å²) in [6, 6.07) is 4.23. The van der Waals surface area contributed by atoms with E-state index in [0.29, 0.717) is 19.3 Å². The molecule has 0 radical (unpaired) electrons. The van der Waals surface area contributed by atoms with E-state index in [1.807, 2.05) is 6.92 Å². The molecule has 0 spiro atoms. The van der Waals surface area contributed by atoms with E-state index in [2.05, 4.69) is 19.1 Å². The van der Waals surface area contributed by atoms with Gasteiger partial charge in [-0.15, -0.1) is 0 Å². The second-order valence-electron chi connectivity index (χ2n) is 4.05. The van der Waals surface area contributed by atoms with Crippen LogP contribution in [0.3, 0.4) is 0 Å². The second kappa shape index (κ2) is 4.11. The highest BCUT2D eigenvalue weighted by atomic mass is 16.7. The Morgan fingerprint density at radius 1 is 1.40 bits per heavy atom. The van der Waals surface area contributed by atoms with E-state index in [1.165, 1.54) is 5.56 Å². The highest BCUT2D eigenvalue weighted by Crippen LogP contribution is 2.38. The van der Waals surface area contributed by atoms with Gasteiger partial charge in [0.25, 0.3) is 0 Å². The number of hydrogen-bond acceptors (Lipinski definition) is 3. The largest absolute Gasteiger partial charge is 0.454 e. The van der Waals surface area contributed by atoms with Gasteiger partial charge < -0.3 is 15.2 Å². The third-order valence-electron chi connectivity index (χ3n) is 2.85. The van der Waals surface area contributed by atoms with Crippen LogP contribution in [-0.2, 0) is 0 Å².